The molecule has 0 heterocycles. The average molecular weight is 312 g/mol. The Morgan fingerprint density at radius 2 is 1.90 bits per heavy atom. The molecule has 0 atom stereocenters. The summed E-state index contributed by atoms with van der Waals surface area (Å²) in [6.07, 6.45) is -3.94. The monoisotopic (exact) mass is 312 g/mol. The SMILES string of the molecule is O=C(NCC(F)(F)C(F)F)Nc1ccc(F)c(C(=O)O)c1. The van der Waals surface area contributed by atoms with Crippen molar-refractivity contribution in [3.05, 3.63) is 29.6 Å². The van der Waals surface area contributed by atoms with E-state index in [1.165, 1.54) is 5.32 Å². The zero-order valence-corrected chi connectivity index (χ0v) is 10.2. The van der Waals surface area contributed by atoms with Crippen molar-refractivity contribution in [1.82, 2.24) is 5.32 Å². The Bertz CT molecular complexity index is 551. The summed E-state index contributed by atoms with van der Waals surface area (Å²) in [5.41, 5.74) is -0.947. The minimum absolute atomic E-state index is 0.202. The lowest BCUT2D eigenvalue weighted by Crippen LogP contribution is -2.42. The molecule has 21 heavy (non-hydrogen) atoms. The van der Waals surface area contributed by atoms with Crippen LogP contribution in [0.2, 0.25) is 0 Å². The number of benzene rings is 1. The number of urea groups is 1. The van der Waals surface area contributed by atoms with Crippen molar-refractivity contribution in [1.29, 1.82) is 0 Å². The van der Waals surface area contributed by atoms with E-state index in [4.69, 9.17) is 5.11 Å². The number of rotatable bonds is 5. The standard InChI is InChI=1S/C11H9F5N2O3/c12-7-2-1-5(3-6(7)8(19)20)18-10(21)17-4-11(15,16)9(13)14/h1-3,9H,4H2,(H,19,20)(H2,17,18,21). The highest BCUT2D eigenvalue weighted by Crippen LogP contribution is 2.21. The number of nitrogens with one attached hydrogen (secondary N) is 2. The molecule has 0 saturated carbocycles. The lowest BCUT2D eigenvalue weighted by atomic mass is 10.2. The molecular formula is C11H9F5N2O3. The maximum Gasteiger partial charge on any atom is 0.338 e. The molecule has 0 fully saturated rings. The minimum atomic E-state index is -4.40. The molecule has 1 rings (SSSR count). The first kappa shape index (κ1) is 16.7. The predicted octanol–water partition coefficient (Wildman–Crippen LogP) is 2.55. The van der Waals surface area contributed by atoms with Gasteiger partial charge in [-0.15, -0.1) is 0 Å². The third-order valence-electron chi connectivity index (χ3n) is 2.26. The van der Waals surface area contributed by atoms with Gasteiger partial charge in [-0.05, 0) is 18.2 Å². The number of carbonyl (C=O) groups is 2. The molecule has 0 aliphatic rings. The second kappa shape index (κ2) is 6.37. The highest BCUT2D eigenvalue weighted by atomic mass is 19.3. The highest BCUT2D eigenvalue weighted by Gasteiger charge is 2.40. The number of carbonyl (C=O) groups excluding carboxylic acids is 1. The van der Waals surface area contributed by atoms with Crippen LogP contribution in [0.15, 0.2) is 18.2 Å². The average Bonchev–Trinajstić information content (AvgIpc) is 2.38. The van der Waals surface area contributed by atoms with Crippen molar-refractivity contribution < 1.29 is 36.6 Å². The zero-order chi connectivity index (χ0) is 16.2. The molecule has 0 spiro atoms. The summed E-state index contributed by atoms with van der Waals surface area (Å²) in [5.74, 6) is -7.05. The molecule has 1 aromatic rings. The largest absolute Gasteiger partial charge is 0.478 e. The molecule has 0 aromatic heterocycles. The van der Waals surface area contributed by atoms with E-state index in [0.717, 1.165) is 18.2 Å². The Labute approximate surface area is 114 Å². The third kappa shape index (κ3) is 4.58. The molecule has 5 nitrogen and oxygen atoms in total. The molecule has 0 bridgehead atoms. The van der Waals surface area contributed by atoms with Crippen LogP contribution >= 0.6 is 0 Å². The van der Waals surface area contributed by atoms with Gasteiger partial charge in [0.15, 0.2) is 0 Å². The second-order valence-corrected chi connectivity index (χ2v) is 3.87. The van der Waals surface area contributed by atoms with Gasteiger partial charge in [0.05, 0.1) is 12.1 Å². The second-order valence-electron chi connectivity index (χ2n) is 3.87. The third-order valence-corrected chi connectivity index (χ3v) is 2.26. The van der Waals surface area contributed by atoms with E-state index in [-0.39, 0.29) is 5.69 Å². The molecule has 0 aliphatic carbocycles. The van der Waals surface area contributed by atoms with Crippen LogP contribution in [-0.4, -0.2) is 36.0 Å². The van der Waals surface area contributed by atoms with Crippen molar-refractivity contribution >= 4 is 17.7 Å². The summed E-state index contributed by atoms with van der Waals surface area (Å²) in [5, 5.41) is 12.1. The number of halogens is 5. The van der Waals surface area contributed by atoms with Crippen molar-refractivity contribution in [2.45, 2.75) is 12.3 Å². The van der Waals surface area contributed by atoms with Gasteiger partial charge in [-0.25, -0.2) is 22.8 Å². The number of anilines is 1. The van der Waals surface area contributed by atoms with E-state index in [2.05, 4.69) is 0 Å². The number of hydrogen-bond donors (Lipinski definition) is 3. The first-order valence-corrected chi connectivity index (χ1v) is 5.37. The van der Waals surface area contributed by atoms with Crippen LogP contribution in [0.1, 0.15) is 10.4 Å². The van der Waals surface area contributed by atoms with Crippen molar-refractivity contribution in [2.75, 3.05) is 11.9 Å². The lowest BCUT2D eigenvalue weighted by molar-refractivity contribution is -0.123. The molecule has 1 aromatic carbocycles. The fourth-order valence-corrected chi connectivity index (χ4v) is 1.22. The van der Waals surface area contributed by atoms with Crippen LogP contribution in [0.5, 0.6) is 0 Å². The Morgan fingerprint density at radius 1 is 1.29 bits per heavy atom. The van der Waals surface area contributed by atoms with E-state index < -0.39 is 42.3 Å². The quantitative estimate of drug-likeness (QED) is 0.731. The van der Waals surface area contributed by atoms with Crippen LogP contribution in [-0.2, 0) is 0 Å². The summed E-state index contributed by atoms with van der Waals surface area (Å²) in [6.45, 7) is -1.61. The summed E-state index contributed by atoms with van der Waals surface area (Å²) in [6, 6.07) is 1.21. The van der Waals surface area contributed by atoms with E-state index in [1.54, 1.807) is 0 Å². The Morgan fingerprint density at radius 3 is 2.43 bits per heavy atom. The molecule has 0 saturated heterocycles. The van der Waals surface area contributed by atoms with Gasteiger partial charge in [0.1, 0.15) is 5.82 Å². The molecular weight excluding hydrogens is 303 g/mol. The van der Waals surface area contributed by atoms with Crippen molar-refractivity contribution in [2.24, 2.45) is 0 Å². The van der Waals surface area contributed by atoms with Crippen LogP contribution in [0.3, 0.4) is 0 Å². The number of carboxylic acids is 1. The van der Waals surface area contributed by atoms with E-state index in [9.17, 15) is 31.5 Å². The number of carboxylic acid groups (broad SMARTS) is 1. The Balaban J connectivity index is 2.68. The Hall–Kier alpha value is -2.39. The first-order valence-electron chi connectivity index (χ1n) is 5.37. The molecule has 116 valence electrons. The van der Waals surface area contributed by atoms with Crippen LogP contribution in [0.25, 0.3) is 0 Å². The van der Waals surface area contributed by atoms with Crippen molar-refractivity contribution in [3.8, 4) is 0 Å². The van der Waals surface area contributed by atoms with E-state index in [1.807, 2.05) is 5.32 Å². The van der Waals surface area contributed by atoms with Crippen LogP contribution in [0, 0.1) is 5.82 Å². The van der Waals surface area contributed by atoms with Gasteiger partial charge in [0, 0.05) is 5.69 Å². The maximum atomic E-state index is 13.1. The number of aromatic carboxylic acids is 1. The molecule has 0 aliphatic heterocycles. The van der Waals surface area contributed by atoms with E-state index in [0.29, 0.717) is 0 Å². The number of alkyl halides is 4. The summed E-state index contributed by atoms with van der Waals surface area (Å²) < 4.78 is 61.9. The number of hydrogen-bond acceptors (Lipinski definition) is 2. The lowest BCUT2D eigenvalue weighted by Gasteiger charge is -2.16. The molecule has 10 heteroatoms. The zero-order valence-electron chi connectivity index (χ0n) is 10.2. The highest BCUT2D eigenvalue weighted by molar-refractivity contribution is 5.93. The molecule has 0 radical (unpaired) electrons. The predicted molar refractivity (Wildman–Crippen MR) is 61.3 cm³/mol. The van der Waals surface area contributed by atoms with E-state index >= 15 is 0 Å². The van der Waals surface area contributed by atoms with Gasteiger partial charge in [0.2, 0.25) is 0 Å². The molecule has 0 unspecified atom stereocenters. The smallest absolute Gasteiger partial charge is 0.338 e. The van der Waals surface area contributed by atoms with Gasteiger partial charge >= 0.3 is 24.3 Å². The minimum Gasteiger partial charge on any atom is -0.478 e. The summed E-state index contributed by atoms with van der Waals surface area (Å²) >= 11 is 0. The normalized spacial score (nSPS) is 11.3. The maximum absolute atomic E-state index is 13.1. The van der Waals surface area contributed by atoms with Gasteiger partial charge < -0.3 is 15.7 Å². The van der Waals surface area contributed by atoms with Gasteiger partial charge in [-0.1, -0.05) is 0 Å². The summed E-state index contributed by atoms with van der Waals surface area (Å²) in [4.78, 5) is 21.8. The fourth-order valence-electron chi connectivity index (χ4n) is 1.22. The molecule has 2 amide bonds. The number of amides is 2. The van der Waals surface area contributed by atoms with Gasteiger partial charge in [-0.2, -0.15) is 8.78 Å². The first-order chi connectivity index (χ1) is 9.63. The fraction of sp³-hybridized carbons (Fsp3) is 0.273. The van der Waals surface area contributed by atoms with Gasteiger partial charge in [-0.3, -0.25) is 0 Å². The van der Waals surface area contributed by atoms with Crippen LogP contribution in [0.4, 0.5) is 32.4 Å². The molecule has 3 N–H and O–H groups in total. The van der Waals surface area contributed by atoms with Crippen molar-refractivity contribution in [3.63, 3.8) is 0 Å². The Kier molecular flexibility index (Phi) is 5.06. The van der Waals surface area contributed by atoms with Gasteiger partial charge in [0.25, 0.3) is 0 Å². The van der Waals surface area contributed by atoms with Crippen LogP contribution < -0.4 is 10.6 Å². The topological polar surface area (TPSA) is 78.4 Å². The summed E-state index contributed by atoms with van der Waals surface area (Å²) in [7, 11) is 0.